The molecule has 0 spiro atoms. The fourth-order valence-corrected chi connectivity index (χ4v) is 3.76. The van der Waals surface area contributed by atoms with Crippen molar-refractivity contribution in [3.63, 3.8) is 0 Å². The Balaban J connectivity index is 1.83. The van der Waals surface area contributed by atoms with E-state index in [1.807, 2.05) is 0 Å². The summed E-state index contributed by atoms with van der Waals surface area (Å²) >= 11 is 0. The van der Waals surface area contributed by atoms with E-state index in [0.717, 1.165) is 12.8 Å². The summed E-state index contributed by atoms with van der Waals surface area (Å²) in [5, 5.41) is 0. The topological polar surface area (TPSA) is 38.7 Å². The van der Waals surface area contributed by atoms with Crippen LogP contribution < -0.4 is 0 Å². The maximum Gasteiger partial charge on any atom is 0.289 e. The molecule has 0 saturated carbocycles. The van der Waals surface area contributed by atoms with Gasteiger partial charge in [-0.3, -0.25) is 4.79 Å². The van der Waals surface area contributed by atoms with Gasteiger partial charge in [-0.25, -0.2) is 0 Å². The smallest absolute Gasteiger partial charge is 0.289 e. The van der Waals surface area contributed by atoms with E-state index in [-0.39, 0.29) is 12.0 Å². The van der Waals surface area contributed by atoms with Crippen LogP contribution in [0.2, 0.25) is 0 Å². The van der Waals surface area contributed by atoms with Gasteiger partial charge >= 0.3 is 0 Å². The molecule has 0 fully saturated rings. The van der Waals surface area contributed by atoms with Gasteiger partial charge in [-0.05, 0) is 12.8 Å². The number of rotatable bonds is 17. The summed E-state index contributed by atoms with van der Waals surface area (Å²) in [6.07, 6.45) is 22.5. The third-order valence-electron chi connectivity index (χ3n) is 5.51. The molecular formula is C22H41NO2. The molecule has 2 atom stereocenters. The van der Waals surface area contributed by atoms with E-state index >= 15 is 0 Å². The summed E-state index contributed by atoms with van der Waals surface area (Å²) < 4.78 is 5.35. The number of carbonyl (C=O) groups is 1. The first-order valence-corrected chi connectivity index (χ1v) is 11.0. The van der Waals surface area contributed by atoms with Gasteiger partial charge in [0.25, 0.3) is 5.91 Å². The van der Waals surface area contributed by atoms with Gasteiger partial charge in [0.1, 0.15) is 0 Å². The van der Waals surface area contributed by atoms with Gasteiger partial charge < -0.3 is 4.74 Å². The van der Waals surface area contributed by atoms with Gasteiger partial charge in [0.15, 0.2) is 12.5 Å². The molecule has 25 heavy (non-hydrogen) atoms. The molecule has 1 aliphatic heterocycles. The zero-order valence-electron chi connectivity index (χ0n) is 16.8. The lowest BCUT2D eigenvalue weighted by Crippen LogP contribution is -2.26. The summed E-state index contributed by atoms with van der Waals surface area (Å²) in [6, 6.07) is 0. The van der Waals surface area contributed by atoms with Gasteiger partial charge in [0.05, 0.1) is 0 Å². The molecular weight excluding hydrogens is 310 g/mol. The molecule has 146 valence electrons. The van der Waals surface area contributed by atoms with E-state index in [4.69, 9.17) is 4.74 Å². The molecule has 0 bridgehead atoms. The van der Waals surface area contributed by atoms with Crippen molar-refractivity contribution < 1.29 is 9.53 Å². The van der Waals surface area contributed by atoms with Crippen molar-refractivity contribution in [1.29, 1.82) is 0 Å². The van der Waals surface area contributed by atoms with Crippen molar-refractivity contribution in [2.75, 3.05) is 0 Å². The Morgan fingerprint density at radius 3 is 1.72 bits per heavy atom. The molecule has 0 aromatic heterocycles. The monoisotopic (exact) mass is 351 g/mol. The van der Waals surface area contributed by atoms with Gasteiger partial charge in [-0.15, -0.1) is 0 Å². The third kappa shape index (κ3) is 10.7. The molecule has 0 aliphatic carbocycles. The van der Waals surface area contributed by atoms with Crippen LogP contribution in [0.25, 0.3) is 0 Å². The highest BCUT2D eigenvalue weighted by Crippen LogP contribution is 2.23. The molecule has 0 N–H and O–H groups in total. The van der Waals surface area contributed by atoms with Gasteiger partial charge in [0, 0.05) is 5.92 Å². The predicted octanol–water partition coefficient (Wildman–Crippen LogP) is 6.84. The number of unbranched alkanes of at least 4 members (excludes halogenated alkanes) is 13. The van der Waals surface area contributed by atoms with E-state index in [2.05, 4.69) is 18.8 Å². The van der Waals surface area contributed by atoms with Gasteiger partial charge in [0.2, 0.25) is 0 Å². The molecule has 3 nitrogen and oxygen atoms in total. The molecule has 1 aliphatic rings. The summed E-state index contributed by atoms with van der Waals surface area (Å²) in [7, 11) is 0. The minimum Gasteiger partial charge on any atom is -0.470 e. The van der Waals surface area contributed by atoms with E-state index < -0.39 is 0 Å². The van der Waals surface area contributed by atoms with Crippen LogP contribution in [0.4, 0.5) is 0 Å². The van der Waals surface area contributed by atoms with E-state index in [0.29, 0.717) is 5.92 Å². The maximum atomic E-state index is 11.6. The van der Waals surface area contributed by atoms with Crippen LogP contribution in [0.1, 0.15) is 117 Å². The van der Waals surface area contributed by atoms with Crippen molar-refractivity contribution >= 4 is 12.3 Å². The number of carbonyl (C=O) groups excluding carboxylic acids is 1. The van der Waals surface area contributed by atoms with Gasteiger partial charge in [-0.2, -0.15) is 4.99 Å². The van der Waals surface area contributed by atoms with Crippen LogP contribution in [-0.4, -0.2) is 18.4 Å². The average molecular weight is 352 g/mol. The standard InChI is InChI=1S/C22H41NO2/c1-3-5-6-7-8-9-10-11-12-13-14-15-16-17-18-20(4-2)21-22(24)23-19-25-21/h19-21H,3-18H2,1-2H3. The molecule has 0 aromatic rings. The molecule has 0 saturated heterocycles. The Hall–Kier alpha value is -0.860. The zero-order chi connectivity index (χ0) is 18.2. The Morgan fingerprint density at radius 1 is 0.840 bits per heavy atom. The Kier molecular flexibility index (Phi) is 13.7. The van der Waals surface area contributed by atoms with Crippen LogP contribution in [0.3, 0.4) is 0 Å². The predicted molar refractivity (Wildman–Crippen MR) is 107 cm³/mol. The minimum atomic E-state index is -0.299. The van der Waals surface area contributed by atoms with Crippen molar-refractivity contribution in [3.8, 4) is 0 Å². The molecule has 1 amide bonds. The molecule has 0 radical (unpaired) electrons. The zero-order valence-corrected chi connectivity index (χ0v) is 16.8. The minimum absolute atomic E-state index is 0.0859. The van der Waals surface area contributed by atoms with Crippen molar-refractivity contribution in [1.82, 2.24) is 0 Å². The molecule has 0 aromatic carbocycles. The second-order valence-corrected chi connectivity index (χ2v) is 7.68. The number of aliphatic imine (C=N–C) groups is 1. The summed E-state index contributed by atoms with van der Waals surface area (Å²) in [4.78, 5) is 15.3. The summed E-state index contributed by atoms with van der Waals surface area (Å²) in [5.74, 6) is 0.254. The SMILES string of the molecule is CCCCCCCCCCCCCCCCC(CC)C1OC=NC1=O. The number of hydrogen-bond donors (Lipinski definition) is 0. The van der Waals surface area contributed by atoms with Crippen LogP contribution in [-0.2, 0) is 9.53 Å². The Bertz CT molecular complexity index is 354. The van der Waals surface area contributed by atoms with Crippen LogP contribution in [0.5, 0.6) is 0 Å². The van der Waals surface area contributed by atoms with E-state index in [1.165, 1.54) is 96.3 Å². The quantitative estimate of drug-likeness (QED) is 0.269. The second kappa shape index (κ2) is 15.4. The number of amides is 1. The first kappa shape index (κ1) is 22.2. The fourth-order valence-electron chi connectivity index (χ4n) is 3.76. The highest BCUT2D eigenvalue weighted by atomic mass is 16.5. The van der Waals surface area contributed by atoms with Crippen molar-refractivity contribution in [2.24, 2.45) is 10.9 Å². The molecule has 3 heteroatoms. The van der Waals surface area contributed by atoms with Crippen molar-refractivity contribution in [2.45, 2.75) is 123 Å². The molecule has 2 unspecified atom stereocenters. The van der Waals surface area contributed by atoms with Gasteiger partial charge in [-0.1, -0.05) is 104 Å². The number of ether oxygens (including phenoxy) is 1. The largest absolute Gasteiger partial charge is 0.470 e. The van der Waals surface area contributed by atoms with Crippen LogP contribution >= 0.6 is 0 Å². The van der Waals surface area contributed by atoms with E-state index in [1.54, 1.807) is 0 Å². The van der Waals surface area contributed by atoms with E-state index in [9.17, 15) is 4.79 Å². The second-order valence-electron chi connectivity index (χ2n) is 7.68. The molecule has 1 heterocycles. The Labute approximate surface area is 156 Å². The lowest BCUT2D eigenvalue weighted by atomic mass is 9.92. The lowest BCUT2D eigenvalue weighted by molar-refractivity contribution is -0.124. The van der Waals surface area contributed by atoms with Crippen molar-refractivity contribution in [3.05, 3.63) is 0 Å². The molecule has 1 rings (SSSR count). The Morgan fingerprint density at radius 2 is 1.32 bits per heavy atom. The third-order valence-corrected chi connectivity index (χ3v) is 5.51. The first-order chi connectivity index (χ1) is 12.3. The van der Waals surface area contributed by atoms with Crippen LogP contribution in [0, 0.1) is 5.92 Å². The lowest BCUT2D eigenvalue weighted by Gasteiger charge is -2.19. The average Bonchev–Trinajstić information content (AvgIpc) is 3.04. The highest BCUT2D eigenvalue weighted by Gasteiger charge is 2.30. The summed E-state index contributed by atoms with van der Waals surface area (Å²) in [5.41, 5.74) is 0. The fraction of sp³-hybridized carbons (Fsp3) is 0.909. The maximum absolute atomic E-state index is 11.6. The highest BCUT2D eigenvalue weighted by molar-refractivity contribution is 5.91. The number of hydrogen-bond acceptors (Lipinski definition) is 2. The first-order valence-electron chi connectivity index (χ1n) is 11.0. The van der Waals surface area contributed by atoms with Crippen LogP contribution in [0.15, 0.2) is 4.99 Å². The summed E-state index contributed by atoms with van der Waals surface area (Å²) in [6.45, 7) is 4.42. The number of nitrogens with zero attached hydrogens (tertiary/aromatic N) is 1. The normalized spacial score (nSPS) is 17.8.